The first-order chi connectivity index (χ1) is 8.56. The van der Waals surface area contributed by atoms with E-state index >= 15 is 0 Å². The second kappa shape index (κ2) is 6.04. The SMILES string of the molecule is CC(=O)c1ccc(Br)cc1Sc1cccc(Br)c1. The van der Waals surface area contributed by atoms with Gasteiger partial charge in [-0.1, -0.05) is 49.7 Å². The van der Waals surface area contributed by atoms with Gasteiger partial charge in [-0.15, -0.1) is 0 Å². The molecule has 2 aromatic carbocycles. The van der Waals surface area contributed by atoms with Crippen LogP contribution in [0.4, 0.5) is 0 Å². The second-order valence-corrected chi connectivity index (χ2v) is 6.70. The molecule has 0 saturated heterocycles. The van der Waals surface area contributed by atoms with Crippen LogP contribution in [0.5, 0.6) is 0 Å². The third-order valence-electron chi connectivity index (χ3n) is 2.35. The number of rotatable bonds is 3. The Bertz CT molecular complexity index is 596. The van der Waals surface area contributed by atoms with Crippen LogP contribution >= 0.6 is 43.6 Å². The third-order valence-corrected chi connectivity index (χ3v) is 4.38. The number of hydrogen-bond acceptors (Lipinski definition) is 2. The number of benzene rings is 2. The van der Waals surface area contributed by atoms with Crippen LogP contribution in [0.3, 0.4) is 0 Å². The summed E-state index contributed by atoms with van der Waals surface area (Å²) in [7, 11) is 0. The van der Waals surface area contributed by atoms with E-state index in [-0.39, 0.29) is 5.78 Å². The highest BCUT2D eigenvalue weighted by atomic mass is 79.9. The Morgan fingerprint density at radius 3 is 2.44 bits per heavy atom. The number of ketones is 1. The monoisotopic (exact) mass is 384 g/mol. The van der Waals surface area contributed by atoms with Gasteiger partial charge in [0.25, 0.3) is 0 Å². The molecule has 0 radical (unpaired) electrons. The van der Waals surface area contributed by atoms with E-state index in [1.165, 1.54) is 0 Å². The van der Waals surface area contributed by atoms with Crippen molar-refractivity contribution in [1.82, 2.24) is 0 Å². The molecule has 0 aliphatic carbocycles. The van der Waals surface area contributed by atoms with Gasteiger partial charge in [-0.25, -0.2) is 0 Å². The topological polar surface area (TPSA) is 17.1 Å². The summed E-state index contributed by atoms with van der Waals surface area (Å²) in [5, 5.41) is 0. The number of hydrogen-bond donors (Lipinski definition) is 0. The normalized spacial score (nSPS) is 10.4. The van der Waals surface area contributed by atoms with Crippen LogP contribution in [0.1, 0.15) is 17.3 Å². The first-order valence-electron chi connectivity index (χ1n) is 5.30. The molecular formula is C14H10Br2OS. The van der Waals surface area contributed by atoms with Crippen molar-refractivity contribution in [2.24, 2.45) is 0 Å². The van der Waals surface area contributed by atoms with E-state index < -0.39 is 0 Å². The third kappa shape index (κ3) is 3.46. The maximum Gasteiger partial charge on any atom is 0.160 e. The molecule has 0 atom stereocenters. The minimum absolute atomic E-state index is 0.0833. The Labute approximate surface area is 127 Å². The largest absolute Gasteiger partial charge is 0.294 e. The smallest absolute Gasteiger partial charge is 0.160 e. The summed E-state index contributed by atoms with van der Waals surface area (Å²) in [5.41, 5.74) is 0.753. The van der Waals surface area contributed by atoms with Crippen LogP contribution in [0.2, 0.25) is 0 Å². The van der Waals surface area contributed by atoms with E-state index in [1.54, 1.807) is 18.7 Å². The van der Waals surface area contributed by atoms with Gasteiger partial charge in [0.1, 0.15) is 0 Å². The fourth-order valence-corrected chi connectivity index (χ4v) is 3.69. The molecule has 0 saturated carbocycles. The van der Waals surface area contributed by atoms with E-state index in [0.717, 1.165) is 24.3 Å². The molecule has 0 aliphatic heterocycles. The molecule has 0 aliphatic rings. The standard InChI is InChI=1S/C14H10Br2OS/c1-9(17)13-6-5-11(16)8-14(13)18-12-4-2-3-10(15)7-12/h2-8H,1H3. The Balaban J connectivity index is 2.39. The van der Waals surface area contributed by atoms with E-state index in [2.05, 4.69) is 31.9 Å². The molecule has 0 spiro atoms. The van der Waals surface area contributed by atoms with E-state index in [0.29, 0.717) is 0 Å². The molecule has 0 aromatic heterocycles. The first kappa shape index (κ1) is 13.8. The lowest BCUT2D eigenvalue weighted by atomic mass is 10.1. The van der Waals surface area contributed by atoms with Gasteiger partial charge in [-0.2, -0.15) is 0 Å². The molecule has 0 heterocycles. The van der Waals surface area contributed by atoms with E-state index in [9.17, 15) is 4.79 Å². The lowest BCUT2D eigenvalue weighted by molar-refractivity contribution is 0.101. The van der Waals surface area contributed by atoms with Crippen molar-refractivity contribution in [2.75, 3.05) is 0 Å². The molecule has 0 bridgehead atoms. The number of carbonyl (C=O) groups excluding carboxylic acids is 1. The van der Waals surface area contributed by atoms with Gasteiger partial charge in [-0.05, 0) is 43.3 Å². The number of Topliss-reactive ketones (excluding diaryl/α,β-unsaturated/α-hetero) is 1. The zero-order valence-electron chi connectivity index (χ0n) is 9.61. The average molecular weight is 386 g/mol. The quantitative estimate of drug-likeness (QED) is 0.642. The lowest BCUT2D eigenvalue weighted by Crippen LogP contribution is -1.94. The zero-order valence-corrected chi connectivity index (χ0v) is 13.6. The first-order valence-corrected chi connectivity index (χ1v) is 7.70. The van der Waals surface area contributed by atoms with Gasteiger partial charge in [0.05, 0.1) is 0 Å². The summed E-state index contributed by atoms with van der Waals surface area (Å²) in [6.07, 6.45) is 0. The molecule has 2 aromatic rings. The number of halogens is 2. The molecule has 0 amide bonds. The van der Waals surface area contributed by atoms with Crippen molar-refractivity contribution >= 4 is 49.4 Å². The van der Waals surface area contributed by atoms with Crippen molar-refractivity contribution in [1.29, 1.82) is 0 Å². The summed E-state index contributed by atoms with van der Waals surface area (Å²) < 4.78 is 2.01. The van der Waals surface area contributed by atoms with Crippen LogP contribution in [-0.4, -0.2) is 5.78 Å². The van der Waals surface area contributed by atoms with Crippen LogP contribution in [0.15, 0.2) is 61.2 Å². The Morgan fingerprint density at radius 2 is 1.78 bits per heavy atom. The highest BCUT2D eigenvalue weighted by Gasteiger charge is 2.09. The summed E-state index contributed by atoms with van der Waals surface area (Å²) in [5.74, 6) is 0.0833. The minimum atomic E-state index is 0.0833. The van der Waals surface area contributed by atoms with Crippen molar-refractivity contribution in [3.63, 3.8) is 0 Å². The summed E-state index contributed by atoms with van der Waals surface area (Å²) in [6, 6.07) is 13.8. The molecule has 0 unspecified atom stereocenters. The second-order valence-electron chi connectivity index (χ2n) is 3.76. The molecule has 2 rings (SSSR count). The molecule has 4 heteroatoms. The predicted molar refractivity (Wildman–Crippen MR) is 82.4 cm³/mol. The summed E-state index contributed by atoms with van der Waals surface area (Å²) >= 11 is 8.48. The molecule has 18 heavy (non-hydrogen) atoms. The Kier molecular flexibility index (Phi) is 4.65. The van der Waals surface area contributed by atoms with Gasteiger partial charge in [-0.3, -0.25) is 4.79 Å². The van der Waals surface area contributed by atoms with Crippen LogP contribution in [-0.2, 0) is 0 Å². The van der Waals surface area contributed by atoms with Crippen molar-refractivity contribution in [2.45, 2.75) is 16.7 Å². The highest BCUT2D eigenvalue weighted by Crippen LogP contribution is 2.33. The molecule has 0 N–H and O–H groups in total. The minimum Gasteiger partial charge on any atom is -0.294 e. The summed E-state index contributed by atoms with van der Waals surface area (Å²) in [6.45, 7) is 1.59. The van der Waals surface area contributed by atoms with Crippen LogP contribution in [0.25, 0.3) is 0 Å². The molecule has 1 nitrogen and oxygen atoms in total. The van der Waals surface area contributed by atoms with Crippen LogP contribution in [0, 0.1) is 0 Å². The number of carbonyl (C=O) groups is 1. The highest BCUT2D eigenvalue weighted by molar-refractivity contribution is 9.10. The zero-order chi connectivity index (χ0) is 13.1. The van der Waals surface area contributed by atoms with E-state index in [1.807, 2.05) is 42.5 Å². The van der Waals surface area contributed by atoms with Crippen molar-refractivity contribution in [3.8, 4) is 0 Å². The fourth-order valence-electron chi connectivity index (χ4n) is 1.53. The average Bonchev–Trinajstić information content (AvgIpc) is 2.28. The van der Waals surface area contributed by atoms with Gasteiger partial charge in [0.2, 0.25) is 0 Å². The molecule has 0 fully saturated rings. The summed E-state index contributed by atoms with van der Waals surface area (Å²) in [4.78, 5) is 13.7. The van der Waals surface area contributed by atoms with Gasteiger partial charge >= 0.3 is 0 Å². The predicted octanol–water partition coefficient (Wildman–Crippen LogP) is 5.57. The van der Waals surface area contributed by atoms with Crippen molar-refractivity contribution < 1.29 is 4.79 Å². The van der Waals surface area contributed by atoms with E-state index in [4.69, 9.17) is 0 Å². The fraction of sp³-hybridized carbons (Fsp3) is 0.0714. The van der Waals surface area contributed by atoms with Gasteiger partial charge in [0.15, 0.2) is 5.78 Å². The van der Waals surface area contributed by atoms with Crippen molar-refractivity contribution in [3.05, 3.63) is 57.0 Å². The molecular weight excluding hydrogens is 376 g/mol. The van der Waals surface area contributed by atoms with Gasteiger partial charge < -0.3 is 0 Å². The lowest BCUT2D eigenvalue weighted by Gasteiger charge is -2.07. The molecule has 92 valence electrons. The Morgan fingerprint density at radius 1 is 1.06 bits per heavy atom. The Hall–Kier alpha value is -0.580. The van der Waals surface area contributed by atoms with Gasteiger partial charge in [0, 0.05) is 24.3 Å². The maximum atomic E-state index is 11.6. The van der Waals surface area contributed by atoms with Crippen LogP contribution < -0.4 is 0 Å². The maximum absolute atomic E-state index is 11.6.